The summed E-state index contributed by atoms with van der Waals surface area (Å²) in [6.07, 6.45) is 3.29. The Morgan fingerprint density at radius 1 is 0.795 bits per heavy atom. The molecule has 0 aliphatic carbocycles. The number of fused-ring (bicyclic) bond motifs is 1. The second-order valence-corrected chi connectivity index (χ2v) is 10.5. The number of carbonyl (C=O) groups is 3. The number of hydrazine groups is 1. The second kappa shape index (κ2) is 14.7. The Morgan fingerprint density at radius 3 is 2.18 bits per heavy atom. The monoisotopic (exact) mass is 589 g/mol. The Labute approximate surface area is 255 Å². The lowest BCUT2D eigenvalue weighted by atomic mass is 10.0. The fraction of sp³-hybridized carbons (Fsp3) is 0.171. The van der Waals surface area contributed by atoms with Gasteiger partial charge in [-0.15, -0.1) is 0 Å². The first-order valence-corrected chi connectivity index (χ1v) is 14.5. The fourth-order valence-electron chi connectivity index (χ4n) is 4.81. The molecule has 0 aliphatic heterocycles. The number of anilines is 1. The number of aryl methyl sites for hydroxylation is 1. The predicted octanol–water partition coefficient (Wildman–Crippen LogP) is 4.66. The number of nitrogens with one attached hydrogen (secondary N) is 4. The molecule has 224 valence electrons. The van der Waals surface area contributed by atoms with Crippen LogP contribution in [0, 0.1) is 0 Å². The molecule has 1 heterocycles. The molecule has 44 heavy (non-hydrogen) atoms. The highest BCUT2D eigenvalue weighted by Gasteiger charge is 2.25. The first kappa shape index (κ1) is 30.1. The SMILES string of the molecule is N[C@@H](CCc1ccccc1)C(=O)NNc1ccc(C(=O)N[C@@H](Cc2c[nH]c3ccccc23)C(=O)OCc2ccccc2)cc1. The first-order chi connectivity index (χ1) is 21.5. The average Bonchev–Trinajstić information content (AvgIpc) is 3.48. The van der Waals surface area contributed by atoms with E-state index in [2.05, 4.69) is 21.2 Å². The van der Waals surface area contributed by atoms with Crippen LogP contribution in [-0.4, -0.2) is 34.9 Å². The average molecular weight is 590 g/mol. The fourth-order valence-corrected chi connectivity index (χ4v) is 4.81. The molecule has 0 spiro atoms. The van der Waals surface area contributed by atoms with Crippen LogP contribution < -0.4 is 21.9 Å². The molecule has 9 heteroatoms. The van der Waals surface area contributed by atoms with Gasteiger partial charge < -0.3 is 20.8 Å². The van der Waals surface area contributed by atoms with Gasteiger partial charge in [0.2, 0.25) is 0 Å². The zero-order chi connectivity index (χ0) is 30.7. The summed E-state index contributed by atoms with van der Waals surface area (Å²) < 4.78 is 5.60. The number of amides is 2. The van der Waals surface area contributed by atoms with Gasteiger partial charge in [-0.1, -0.05) is 78.9 Å². The first-order valence-electron chi connectivity index (χ1n) is 14.5. The normalized spacial score (nSPS) is 12.2. The maximum absolute atomic E-state index is 13.2. The van der Waals surface area contributed by atoms with Crippen LogP contribution in [0.4, 0.5) is 5.69 Å². The summed E-state index contributed by atoms with van der Waals surface area (Å²) in [5, 5.41) is 3.82. The van der Waals surface area contributed by atoms with Gasteiger partial charge in [-0.25, -0.2) is 4.79 Å². The number of carbonyl (C=O) groups excluding carboxylic acids is 3. The third-order valence-corrected chi connectivity index (χ3v) is 7.31. The number of hydrogen-bond donors (Lipinski definition) is 5. The van der Waals surface area contributed by atoms with Crippen LogP contribution in [0.5, 0.6) is 0 Å². The van der Waals surface area contributed by atoms with Gasteiger partial charge in [0.05, 0.1) is 11.7 Å². The lowest BCUT2D eigenvalue weighted by Gasteiger charge is -2.18. The molecule has 4 aromatic carbocycles. The summed E-state index contributed by atoms with van der Waals surface area (Å²) in [6, 6.07) is 32.0. The van der Waals surface area contributed by atoms with Crippen molar-refractivity contribution in [3.63, 3.8) is 0 Å². The van der Waals surface area contributed by atoms with Crippen molar-refractivity contribution in [3.8, 4) is 0 Å². The van der Waals surface area contributed by atoms with Crippen molar-refractivity contribution < 1.29 is 19.1 Å². The minimum Gasteiger partial charge on any atom is -0.459 e. The number of hydrogen-bond acceptors (Lipinski definition) is 6. The van der Waals surface area contributed by atoms with Crippen LogP contribution in [0.15, 0.2) is 115 Å². The van der Waals surface area contributed by atoms with Crippen LogP contribution in [0.3, 0.4) is 0 Å². The molecule has 1 aromatic heterocycles. The number of ether oxygens (including phenoxy) is 1. The van der Waals surface area contributed by atoms with Crippen LogP contribution >= 0.6 is 0 Å². The molecule has 0 unspecified atom stereocenters. The molecular formula is C35H35N5O4. The number of esters is 1. The van der Waals surface area contributed by atoms with Gasteiger partial charge in [0.15, 0.2) is 0 Å². The Morgan fingerprint density at radius 2 is 1.45 bits per heavy atom. The second-order valence-electron chi connectivity index (χ2n) is 10.5. The summed E-state index contributed by atoms with van der Waals surface area (Å²) >= 11 is 0. The standard InChI is InChI=1S/C35H35N5O4/c36-30(20-15-24-9-3-1-4-10-24)34(42)40-39-28-18-16-26(17-19-28)33(41)38-32(35(43)44-23-25-11-5-2-6-12-25)21-27-22-37-31-14-8-7-13-29(27)31/h1-14,16-19,22,30,32,37,39H,15,20-21,23,36H2,(H,38,41)(H,40,42)/t30-,32-/m0/s1. The van der Waals surface area contributed by atoms with Gasteiger partial charge in [-0.2, -0.15) is 0 Å². The third-order valence-electron chi connectivity index (χ3n) is 7.31. The molecule has 6 N–H and O–H groups in total. The van der Waals surface area contributed by atoms with Crippen molar-refractivity contribution in [2.24, 2.45) is 5.73 Å². The van der Waals surface area contributed by atoms with E-state index in [-0.39, 0.29) is 18.9 Å². The number of benzene rings is 4. The van der Waals surface area contributed by atoms with Crippen molar-refractivity contribution in [1.82, 2.24) is 15.7 Å². The van der Waals surface area contributed by atoms with E-state index >= 15 is 0 Å². The van der Waals surface area contributed by atoms with Crippen molar-refractivity contribution in [2.75, 3.05) is 5.43 Å². The smallest absolute Gasteiger partial charge is 0.329 e. The van der Waals surface area contributed by atoms with Crippen LogP contribution in [-0.2, 0) is 33.8 Å². The number of H-pyrrole nitrogens is 1. The summed E-state index contributed by atoms with van der Waals surface area (Å²) in [6.45, 7) is 0.0991. The predicted molar refractivity (Wildman–Crippen MR) is 170 cm³/mol. The van der Waals surface area contributed by atoms with Gasteiger partial charge in [0.1, 0.15) is 12.6 Å². The van der Waals surface area contributed by atoms with Gasteiger partial charge >= 0.3 is 5.97 Å². The molecule has 0 saturated carbocycles. The molecule has 0 aliphatic rings. The molecular weight excluding hydrogens is 554 g/mol. The van der Waals surface area contributed by atoms with Gasteiger partial charge in [-0.05, 0) is 59.9 Å². The maximum Gasteiger partial charge on any atom is 0.329 e. The summed E-state index contributed by atoms with van der Waals surface area (Å²) in [4.78, 5) is 42.1. The Bertz CT molecular complexity index is 1690. The van der Waals surface area contributed by atoms with E-state index in [1.807, 2.05) is 91.1 Å². The van der Waals surface area contributed by atoms with Crippen LogP contribution in [0.25, 0.3) is 10.9 Å². The number of aromatic amines is 1. The van der Waals surface area contributed by atoms with E-state index in [1.54, 1.807) is 24.3 Å². The van der Waals surface area contributed by atoms with Gasteiger partial charge in [-0.3, -0.25) is 20.4 Å². The zero-order valence-electron chi connectivity index (χ0n) is 24.2. The molecule has 2 atom stereocenters. The number of rotatable bonds is 13. The lowest BCUT2D eigenvalue weighted by Crippen LogP contribution is -2.43. The van der Waals surface area contributed by atoms with Crippen molar-refractivity contribution in [3.05, 3.63) is 138 Å². The highest BCUT2D eigenvalue weighted by atomic mass is 16.5. The molecule has 5 aromatic rings. The maximum atomic E-state index is 13.2. The van der Waals surface area contributed by atoms with E-state index in [9.17, 15) is 14.4 Å². The number of aromatic nitrogens is 1. The summed E-state index contributed by atoms with van der Waals surface area (Å²) in [5.74, 6) is -1.29. The van der Waals surface area contributed by atoms with Gasteiger partial charge in [0, 0.05) is 29.1 Å². The molecule has 0 radical (unpaired) electrons. The van der Waals surface area contributed by atoms with E-state index in [1.165, 1.54) is 0 Å². The van der Waals surface area contributed by atoms with Crippen LogP contribution in [0.2, 0.25) is 0 Å². The van der Waals surface area contributed by atoms with Gasteiger partial charge in [0.25, 0.3) is 11.8 Å². The van der Waals surface area contributed by atoms with Crippen molar-refractivity contribution >= 4 is 34.4 Å². The lowest BCUT2D eigenvalue weighted by molar-refractivity contribution is -0.147. The van der Waals surface area contributed by atoms with E-state index in [4.69, 9.17) is 10.5 Å². The van der Waals surface area contributed by atoms with E-state index < -0.39 is 24.0 Å². The molecule has 5 rings (SSSR count). The van der Waals surface area contributed by atoms with E-state index in [0.29, 0.717) is 24.1 Å². The molecule has 2 amide bonds. The molecule has 0 saturated heterocycles. The molecule has 9 nitrogen and oxygen atoms in total. The minimum absolute atomic E-state index is 0.0991. The molecule has 0 bridgehead atoms. The zero-order valence-corrected chi connectivity index (χ0v) is 24.2. The Kier molecular flexibility index (Phi) is 10.0. The summed E-state index contributed by atoms with van der Waals surface area (Å²) in [7, 11) is 0. The quantitative estimate of drug-likeness (QED) is 0.100. The highest BCUT2D eigenvalue weighted by Crippen LogP contribution is 2.20. The summed E-state index contributed by atoms with van der Waals surface area (Å²) in [5.41, 5.74) is 16.2. The van der Waals surface area contributed by atoms with Crippen molar-refractivity contribution in [1.29, 1.82) is 0 Å². The molecule has 0 fully saturated rings. The number of para-hydroxylation sites is 1. The number of nitrogens with two attached hydrogens (primary N) is 1. The Balaban J connectivity index is 1.19. The van der Waals surface area contributed by atoms with Crippen molar-refractivity contribution in [2.45, 2.75) is 38.0 Å². The van der Waals surface area contributed by atoms with E-state index in [0.717, 1.165) is 27.6 Å². The topological polar surface area (TPSA) is 138 Å². The van der Waals surface area contributed by atoms with Crippen LogP contribution in [0.1, 0.15) is 33.5 Å². The highest BCUT2D eigenvalue weighted by molar-refractivity contribution is 5.97. The third kappa shape index (κ3) is 8.11. The largest absolute Gasteiger partial charge is 0.459 e. The Hall–Kier alpha value is -5.41. The minimum atomic E-state index is -0.917.